The minimum Gasteiger partial charge on any atom is -0.481 e. The van der Waals surface area contributed by atoms with Gasteiger partial charge in [0.25, 0.3) is 0 Å². The third-order valence-corrected chi connectivity index (χ3v) is 5.32. The number of hydrogen-bond acceptors (Lipinski definition) is 4. The molecule has 0 fully saturated rings. The number of nitrogens with zero attached hydrogens (tertiary/aromatic N) is 2. The molecule has 0 spiro atoms. The average molecular weight is 316 g/mol. The Morgan fingerprint density at radius 3 is 2.91 bits per heavy atom. The number of rotatable bonds is 5. The summed E-state index contributed by atoms with van der Waals surface area (Å²) in [5.41, 5.74) is 3.76. The third kappa shape index (κ3) is 3.54. The van der Waals surface area contributed by atoms with E-state index in [-0.39, 0.29) is 6.42 Å². The van der Waals surface area contributed by atoms with Crippen molar-refractivity contribution in [2.24, 2.45) is 0 Å². The van der Waals surface area contributed by atoms with Crippen molar-refractivity contribution in [1.82, 2.24) is 9.88 Å². The van der Waals surface area contributed by atoms with Crippen LogP contribution in [-0.2, 0) is 30.6 Å². The Morgan fingerprint density at radius 2 is 2.14 bits per heavy atom. The van der Waals surface area contributed by atoms with Crippen molar-refractivity contribution < 1.29 is 9.90 Å². The molecule has 1 N–H and O–H groups in total. The van der Waals surface area contributed by atoms with E-state index < -0.39 is 5.97 Å². The second-order valence-corrected chi connectivity index (χ2v) is 6.90. The van der Waals surface area contributed by atoms with Gasteiger partial charge in [0.05, 0.1) is 17.1 Å². The summed E-state index contributed by atoms with van der Waals surface area (Å²) in [4.78, 5) is 18.7. The van der Waals surface area contributed by atoms with Crippen LogP contribution in [0.25, 0.3) is 0 Å². The zero-order valence-corrected chi connectivity index (χ0v) is 13.5. The molecule has 1 aromatic heterocycles. The molecule has 0 radical (unpaired) electrons. The normalized spacial score (nSPS) is 14.8. The summed E-state index contributed by atoms with van der Waals surface area (Å²) in [6.07, 6.45) is 2.09. The lowest BCUT2D eigenvalue weighted by atomic mass is 10.00. The molecule has 22 heavy (non-hydrogen) atoms. The molecule has 3 rings (SSSR count). The van der Waals surface area contributed by atoms with Gasteiger partial charge in [-0.1, -0.05) is 24.3 Å². The number of aryl methyl sites for hydroxylation is 1. The standard InChI is InChI=1S/C17H20N2O2S/c1-12-15(10-17(20)21)22-16(18-12)7-9-19-8-6-13-4-2-3-5-14(13)11-19/h2-5H,6-11H2,1H3,(H,20,21). The minimum absolute atomic E-state index is 0.0839. The topological polar surface area (TPSA) is 53.4 Å². The first-order valence-electron chi connectivity index (χ1n) is 7.58. The molecule has 4 nitrogen and oxygen atoms in total. The van der Waals surface area contributed by atoms with E-state index in [1.807, 2.05) is 6.92 Å². The van der Waals surface area contributed by atoms with Crippen LogP contribution in [-0.4, -0.2) is 34.0 Å². The van der Waals surface area contributed by atoms with Crippen molar-refractivity contribution in [3.8, 4) is 0 Å². The van der Waals surface area contributed by atoms with Crippen LogP contribution in [0.2, 0.25) is 0 Å². The zero-order chi connectivity index (χ0) is 15.5. The Balaban J connectivity index is 1.58. The molecule has 0 unspecified atom stereocenters. The quantitative estimate of drug-likeness (QED) is 0.921. The van der Waals surface area contributed by atoms with Crippen molar-refractivity contribution in [1.29, 1.82) is 0 Å². The fourth-order valence-corrected chi connectivity index (χ4v) is 3.94. The molecule has 5 heteroatoms. The molecule has 0 atom stereocenters. The van der Waals surface area contributed by atoms with Gasteiger partial charge in [-0.15, -0.1) is 11.3 Å². The van der Waals surface area contributed by atoms with Crippen molar-refractivity contribution in [3.05, 3.63) is 51.0 Å². The Hall–Kier alpha value is -1.72. The lowest BCUT2D eigenvalue weighted by Crippen LogP contribution is -2.32. The van der Waals surface area contributed by atoms with Gasteiger partial charge in [-0.2, -0.15) is 0 Å². The molecule has 0 bridgehead atoms. The van der Waals surface area contributed by atoms with E-state index in [1.54, 1.807) is 11.3 Å². The van der Waals surface area contributed by atoms with Crippen LogP contribution in [0.15, 0.2) is 24.3 Å². The van der Waals surface area contributed by atoms with Crippen LogP contribution in [0, 0.1) is 6.92 Å². The van der Waals surface area contributed by atoms with Crippen LogP contribution in [0.5, 0.6) is 0 Å². The zero-order valence-electron chi connectivity index (χ0n) is 12.7. The molecule has 2 heterocycles. The number of aliphatic carboxylic acids is 1. The second-order valence-electron chi connectivity index (χ2n) is 5.73. The summed E-state index contributed by atoms with van der Waals surface area (Å²) in [7, 11) is 0. The molecule has 2 aromatic rings. The summed E-state index contributed by atoms with van der Waals surface area (Å²) < 4.78 is 0. The van der Waals surface area contributed by atoms with Crippen molar-refractivity contribution in [2.75, 3.05) is 13.1 Å². The highest BCUT2D eigenvalue weighted by Crippen LogP contribution is 2.21. The maximum atomic E-state index is 10.8. The fraction of sp³-hybridized carbons (Fsp3) is 0.412. The van der Waals surface area contributed by atoms with Crippen molar-refractivity contribution >= 4 is 17.3 Å². The lowest BCUT2D eigenvalue weighted by molar-refractivity contribution is -0.136. The number of aromatic nitrogens is 1. The van der Waals surface area contributed by atoms with E-state index in [1.165, 1.54) is 11.1 Å². The van der Waals surface area contributed by atoms with E-state index in [4.69, 9.17) is 5.11 Å². The Labute approximate surface area is 134 Å². The molecule has 0 aliphatic carbocycles. The smallest absolute Gasteiger partial charge is 0.308 e. The van der Waals surface area contributed by atoms with E-state index in [2.05, 4.69) is 34.1 Å². The van der Waals surface area contributed by atoms with Gasteiger partial charge in [-0.05, 0) is 24.5 Å². The number of hydrogen-bond donors (Lipinski definition) is 1. The molecular weight excluding hydrogens is 296 g/mol. The van der Waals surface area contributed by atoms with Gasteiger partial charge >= 0.3 is 5.97 Å². The average Bonchev–Trinajstić information content (AvgIpc) is 2.84. The van der Waals surface area contributed by atoms with Gasteiger partial charge in [-0.25, -0.2) is 4.98 Å². The summed E-state index contributed by atoms with van der Waals surface area (Å²) in [5.74, 6) is -0.786. The number of carboxylic acid groups (broad SMARTS) is 1. The van der Waals surface area contributed by atoms with E-state index >= 15 is 0 Å². The van der Waals surface area contributed by atoms with Crippen molar-refractivity contribution in [2.45, 2.75) is 32.7 Å². The number of fused-ring (bicyclic) bond motifs is 1. The largest absolute Gasteiger partial charge is 0.481 e. The summed E-state index contributed by atoms with van der Waals surface area (Å²) in [6, 6.07) is 8.64. The Kier molecular flexibility index (Phi) is 4.55. The highest BCUT2D eigenvalue weighted by molar-refractivity contribution is 7.11. The first kappa shape index (κ1) is 15.2. The fourth-order valence-electron chi connectivity index (χ4n) is 2.90. The van der Waals surface area contributed by atoms with E-state index in [0.717, 1.165) is 48.1 Å². The van der Waals surface area contributed by atoms with E-state index in [9.17, 15) is 4.79 Å². The summed E-state index contributed by atoms with van der Waals surface area (Å²) >= 11 is 1.54. The second kappa shape index (κ2) is 6.58. The molecule has 1 aromatic carbocycles. The van der Waals surface area contributed by atoms with Gasteiger partial charge in [0, 0.05) is 30.9 Å². The lowest BCUT2D eigenvalue weighted by Gasteiger charge is -2.28. The number of benzene rings is 1. The highest BCUT2D eigenvalue weighted by atomic mass is 32.1. The van der Waals surface area contributed by atoms with E-state index in [0.29, 0.717) is 0 Å². The SMILES string of the molecule is Cc1nc(CCN2CCc3ccccc3C2)sc1CC(=O)O. The maximum Gasteiger partial charge on any atom is 0.308 e. The summed E-state index contributed by atoms with van der Waals surface area (Å²) in [5, 5.41) is 9.95. The predicted octanol–water partition coefficient (Wildman–Crippen LogP) is 2.68. The van der Waals surface area contributed by atoms with Gasteiger partial charge < -0.3 is 5.11 Å². The van der Waals surface area contributed by atoms with Gasteiger partial charge in [0.1, 0.15) is 0 Å². The highest BCUT2D eigenvalue weighted by Gasteiger charge is 2.16. The number of thiazole rings is 1. The van der Waals surface area contributed by atoms with Crippen LogP contribution in [0.3, 0.4) is 0 Å². The molecule has 116 valence electrons. The molecular formula is C17H20N2O2S. The number of carbonyl (C=O) groups is 1. The monoisotopic (exact) mass is 316 g/mol. The Bertz CT molecular complexity index is 681. The molecule has 1 aliphatic rings. The third-order valence-electron chi connectivity index (χ3n) is 4.10. The summed E-state index contributed by atoms with van der Waals surface area (Å²) in [6.45, 7) is 4.97. The van der Waals surface area contributed by atoms with Crippen LogP contribution >= 0.6 is 11.3 Å². The predicted molar refractivity (Wildman–Crippen MR) is 87.3 cm³/mol. The molecule has 0 saturated carbocycles. The van der Waals surface area contributed by atoms with Gasteiger partial charge in [0.15, 0.2) is 0 Å². The molecule has 0 amide bonds. The van der Waals surface area contributed by atoms with Crippen LogP contribution in [0.1, 0.15) is 26.7 Å². The molecule has 0 saturated heterocycles. The minimum atomic E-state index is -0.786. The Morgan fingerprint density at radius 1 is 1.36 bits per heavy atom. The first-order chi connectivity index (χ1) is 10.6. The van der Waals surface area contributed by atoms with Crippen LogP contribution < -0.4 is 0 Å². The number of carboxylic acids is 1. The van der Waals surface area contributed by atoms with Crippen LogP contribution in [0.4, 0.5) is 0 Å². The van der Waals surface area contributed by atoms with Gasteiger partial charge in [-0.3, -0.25) is 9.69 Å². The van der Waals surface area contributed by atoms with Crippen molar-refractivity contribution in [3.63, 3.8) is 0 Å². The van der Waals surface area contributed by atoms with Gasteiger partial charge in [0.2, 0.25) is 0 Å². The first-order valence-corrected chi connectivity index (χ1v) is 8.39. The molecule has 1 aliphatic heterocycles. The maximum absolute atomic E-state index is 10.8.